The first-order valence-electron chi connectivity index (χ1n) is 3.00. The lowest BCUT2D eigenvalue weighted by Crippen LogP contribution is -2.19. The number of fused-ring (bicyclic) bond motifs is 1. The lowest BCUT2D eigenvalue weighted by Gasteiger charge is -2.03. The van der Waals surface area contributed by atoms with Crippen molar-refractivity contribution in [2.24, 2.45) is 20.4 Å². The van der Waals surface area contributed by atoms with Crippen LogP contribution in [-0.4, -0.2) is 22.1 Å². The van der Waals surface area contributed by atoms with E-state index >= 15 is 0 Å². The Kier molecular flexibility index (Phi) is 1.54. The monoisotopic (exact) mass is 213 g/mol. The van der Waals surface area contributed by atoms with Gasteiger partial charge in [0.15, 0.2) is 5.84 Å². The van der Waals surface area contributed by atoms with Crippen molar-refractivity contribution < 1.29 is 0 Å². The second-order valence-electron chi connectivity index (χ2n) is 1.99. The van der Waals surface area contributed by atoms with Gasteiger partial charge in [0.1, 0.15) is 12.4 Å². The van der Waals surface area contributed by atoms with Crippen molar-refractivity contribution in [1.82, 2.24) is 3.93 Å². The highest BCUT2D eigenvalue weighted by molar-refractivity contribution is 9.07. The van der Waals surface area contributed by atoms with Gasteiger partial charge in [0.2, 0.25) is 0 Å². The second kappa shape index (κ2) is 2.54. The van der Waals surface area contributed by atoms with E-state index in [4.69, 9.17) is 0 Å². The molecule has 0 saturated heterocycles. The molecule has 0 fully saturated rings. The minimum Gasteiger partial charge on any atom is -0.269 e. The Hall–Kier alpha value is -1.04. The molecule has 0 bridgehead atoms. The lowest BCUT2D eigenvalue weighted by molar-refractivity contribution is 0.743. The van der Waals surface area contributed by atoms with Crippen LogP contribution in [0.1, 0.15) is 0 Å². The molecule has 0 aromatic heterocycles. The molecule has 0 aliphatic carbocycles. The van der Waals surface area contributed by atoms with E-state index in [1.165, 1.54) is 0 Å². The molecule has 0 atom stereocenters. The topological polar surface area (TPSA) is 52.7 Å². The predicted octanol–water partition coefficient (Wildman–Crippen LogP) is 1.30. The molecule has 0 spiro atoms. The maximum Gasteiger partial charge on any atom is 0.190 e. The van der Waals surface area contributed by atoms with Crippen molar-refractivity contribution in [3.05, 3.63) is 12.3 Å². The van der Waals surface area contributed by atoms with Crippen LogP contribution in [0.15, 0.2) is 32.7 Å². The average Bonchev–Trinajstić information content (AvgIpc) is 2.25. The molecule has 11 heavy (non-hydrogen) atoms. The van der Waals surface area contributed by atoms with E-state index in [1.54, 1.807) is 16.2 Å². The molecule has 6 heteroatoms. The van der Waals surface area contributed by atoms with Gasteiger partial charge in [-0.05, 0) is 11.3 Å². The summed E-state index contributed by atoms with van der Waals surface area (Å²) in [6.07, 6.45) is 3.35. The number of hydrogen-bond donors (Lipinski definition) is 0. The maximum absolute atomic E-state index is 4.16. The molecular formula is C5H4BrN5. The number of halogens is 1. The van der Waals surface area contributed by atoms with Crippen molar-refractivity contribution in [1.29, 1.82) is 0 Å². The van der Waals surface area contributed by atoms with E-state index < -0.39 is 0 Å². The zero-order chi connectivity index (χ0) is 7.68. The Morgan fingerprint density at radius 1 is 1.55 bits per heavy atom. The molecule has 0 amide bonds. The Morgan fingerprint density at radius 3 is 3.36 bits per heavy atom. The quantitative estimate of drug-likeness (QED) is 0.560. The van der Waals surface area contributed by atoms with Crippen LogP contribution in [0.25, 0.3) is 0 Å². The normalized spacial score (nSPS) is 21.0. The largest absolute Gasteiger partial charge is 0.269 e. The van der Waals surface area contributed by atoms with Crippen LogP contribution in [0.4, 0.5) is 0 Å². The van der Waals surface area contributed by atoms with E-state index in [0.29, 0.717) is 12.5 Å². The van der Waals surface area contributed by atoms with Crippen LogP contribution >= 0.6 is 16.1 Å². The molecule has 2 rings (SSSR count). The molecule has 2 aliphatic rings. The van der Waals surface area contributed by atoms with Crippen molar-refractivity contribution in [3.8, 4) is 0 Å². The van der Waals surface area contributed by atoms with E-state index in [1.807, 2.05) is 0 Å². The number of hydrogen-bond acceptors (Lipinski definition) is 5. The van der Waals surface area contributed by atoms with Gasteiger partial charge in [0.25, 0.3) is 0 Å². The molecule has 0 aromatic rings. The van der Waals surface area contributed by atoms with Crippen molar-refractivity contribution >= 4 is 27.7 Å². The van der Waals surface area contributed by atoms with Gasteiger partial charge < -0.3 is 0 Å². The highest BCUT2D eigenvalue weighted by atomic mass is 79.9. The molecule has 56 valence electrons. The van der Waals surface area contributed by atoms with Crippen molar-refractivity contribution in [3.63, 3.8) is 0 Å². The van der Waals surface area contributed by atoms with Crippen LogP contribution in [-0.2, 0) is 0 Å². The van der Waals surface area contributed by atoms with Gasteiger partial charge in [-0.3, -0.25) is 8.92 Å². The van der Waals surface area contributed by atoms with Crippen LogP contribution in [0.3, 0.4) is 0 Å². The van der Waals surface area contributed by atoms with Gasteiger partial charge in [-0.25, -0.2) is 0 Å². The first kappa shape index (κ1) is 6.66. The predicted molar refractivity (Wildman–Crippen MR) is 44.5 cm³/mol. The Balaban J connectivity index is 2.41. The van der Waals surface area contributed by atoms with Gasteiger partial charge in [-0.2, -0.15) is 0 Å². The first-order chi connectivity index (χ1) is 5.38. The van der Waals surface area contributed by atoms with Crippen LogP contribution < -0.4 is 0 Å². The van der Waals surface area contributed by atoms with Crippen molar-refractivity contribution in [2.45, 2.75) is 0 Å². The van der Waals surface area contributed by atoms with Gasteiger partial charge in [0.05, 0.1) is 22.3 Å². The molecule has 0 aromatic carbocycles. The third-order valence-corrected chi connectivity index (χ3v) is 1.87. The zero-order valence-corrected chi connectivity index (χ0v) is 7.06. The summed E-state index contributed by atoms with van der Waals surface area (Å²) in [7, 11) is 0. The summed E-state index contributed by atoms with van der Waals surface area (Å²) < 4.78 is 1.73. The fraction of sp³-hybridized carbons (Fsp3) is 0.200. The second-order valence-corrected chi connectivity index (χ2v) is 2.85. The molecule has 0 radical (unpaired) electrons. The molecule has 0 unspecified atom stereocenters. The summed E-state index contributed by atoms with van der Waals surface area (Å²) in [5.74, 6) is 0.711. The average molecular weight is 214 g/mol. The standard InChI is InChI=1S/C5H4BrN5/c6-11-3-7-4-1-2-8-10-9-5(4)11/h1-2H,3H2. The third kappa shape index (κ3) is 1.09. The Labute approximate surface area is 71.5 Å². The van der Waals surface area contributed by atoms with Crippen LogP contribution in [0.5, 0.6) is 0 Å². The summed E-state index contributed by atoms with van der Waals surface area (Å²) in [4.78, 5) is 4.16. The number of amidine groups is 1. The molecule has 2 aliphatic heterocycles. The number of aliphatic imine (C=N–C) groups is 1. The van der Waals surface area contributed by atoms with E-state index in [2.05, 4.69) is 36.6 Å². The number of nitrogens with zero attached hydrogens (tertiary/aromatic N) is 5. The minimum absolute atomic E-state index is 0.577. The minimum atomic E-state index is 0.577. The molecular weight excluding hydrogens is 210 g/mol. The van der Waals surface area contributed by atoms with Gasteiger partial charge >= 0.3 is 0 Å². The zero-order valence-electron chi connectivity index (χ0n) is 5.48. The smallest absolute Gasteiger partial charge is 0.190 e. The third-order valence-electron chi connectivity index (χ3n) is 1.31. The Morgan fingerprint density at radius 2 is 2.45 bits per heavy atom. The van der Waals surface area contributed by atoms with E-state index in [-0.39, 0.29) is 0 Å². The summed E-state index contributed by atoms with van der Waals surface area (Å²) >= 11 is 3.27. The molecule has 5 nitrogen and oxygen atoms in total. The fourth-order valence-corrected chi connectivity index (χ4v) is 1.19. The first-order valence-corrected chi connectivity index (χ1v) is 3.71. The van der Waals surface area contributed by atoms with E-state index in [0.717, 1.165) is 5.71 Å². The van der Waals surface area contributed by atoms with Gasteiger partial charge in [-0.15, -0.1) is 10.2 Å². The molecule has 0 N–H and O–H groups in total. The van der Waals surface area contributed by atoms with E-state index in [9.17, 15) is 0 Å². The van der Waals surface area contributed by atoms with Gasteiger partial charge in [0, 0.05) is 0 Å². The summed E-state index contributed by atoms with van der Waals surface area (Å²) in [6, 6.07) is 0. The highest BCUT2D eigenvalue weighted by Gasteiger charge is 2.20. The highest BCUT2D eigenvalue weighted by Crippen LogP contribution is 2.12. The maximum atomic E-state index is 4.16. The lowest BCUT2D eigenvalue weighted by atomic mass is 10.3. The van der Waals surface area contributed by atoms with Crippen LogP contribution in [0, 0.1) is 0 Å². The SMILES string of the molecule is BrN1CN=C2C=CN=NN=C21. The summed E-state index contributed by atoms with van der Waals surface area (Å²) in [5, 5.41) is 11.0. The summed E-state index contributed by atoms with van der Waals surface area (Å²) in [5.41, 5.74) is 0.812. The van der Waals surface area contributed by atoms with Crippen LogP contribution in [0.2, 0.25) is 0 Å². The van der Waals surface area contributed by atoms with Gasteiger partial charge in [-0.1, -0.05) is 0 Å². The number of rotatable bonds is 0. The summed E-state index contributed by atoms with van der Waals surface area (Å²) in [6.45, 7) is 0.577. The van der Waals surface area contributed by atoms with Crippen molar-refractivity contribution in [2.75, 3.05) is 6.67 Å². The Bertz CT molecular complexity index is 289. The molecule has 0 saturated carbocycles. The fourth-order valence-electron chi connectivity index (χ4n) is 0.829. The molecule has 2 heterocycles.